The minimum atomic E-state index is -3.33. The summed E-state index contributed by atoms with van der Waals surface area (Å²) in [6.07, 6.45) is 0. The van der Waals surface area contributed by atoms with Crippen LogP contribution < -0.4 is 0 Å². The summed E-state index contributed by atoms with van der Waals surface area (Å²) in [6.45, 7) is 6.80. The lowest BCUT2D eigenvalue weighted by Crippen LogP contribution is -2.18. The average molecular weight is 134 g/mol. The first-order valence-corrected chi connectivity index (χ1v) is 2.31. The predicted molar refractivity (Wildman–Crippen MR) is 31.5 cm³/mol. The molecule has 0 aromatic carbocycles. The molecule has 0 amide bonds. The molecule has 9 heavy (non-hydrogen) atoms. The van der Waals surface area contributed by atoms with E-state index in [1.54, 1.807) is 0 Å². The lowest BCUT2D eigenvalue weighted by atomic mass is 10.1. The quantitative estimate of drug-likeness (QED) is 0.453. The Hall–Kier alpha value is -0.860. The molecule has 0 aromatic rings. The van der Waals surface area contributed by atoms with Gasteiger partial charge in [-0.15, -0.1) is 0 Å². The summed E-state index contributed by atoms with van der Waals surface area (Å²) in [5, 5.41) is 8.25. The van der Waals surface area contributed by atoms with Gasteiger partial charge in [0.1, 0.15) is 0 Å². The largest absolute Gasteiger partial charge is 0.506 e. The van der Waals surface area contributed by atoms with Crippen LogP contribution in [0.25, 0.3) is 0 Å². The van der Waals surface area contributed by atoms with Crippen molar-refractivity contribution >= 4 is 0 Å². The number of hydrogen-bond donors (Lipinski definition) is 1. The number of halogens is 2. The van der Waals surface area contributed by atoms with Crippen molar-refractivity contribution in [1.29, 1.82) is 0 Å². The Morgan fingerprint density at radius 1 is 1.44 bits per heavy atom. The standard InChI is InChI=1S/C6H8F2O/c1-4(2)6(7,8)5(3)9/h9H,1,3H2,2H3. The SMILES string of the molecule is C=C(C)C(F)(F)C(=C)O. The zero-order chi connectivity index (χ0) is 7.65. The highest BCUT2D eigenvalue weighted by atomic mass is 19.3. The van der Waals surface area contributed by atoms with Gasteiger partial charge >= 0.3 is 5.92 Å². The lowest BCUT2D eigenvalue weighted by molar-refractivity contribution is 0.0379. The molecule has 0 bridgehead atoms. The van der Waals surface area contributed by atoms with E-state index in [-0.39, 0.29) is 0 Å². The average Bonchev–Trinajstić information content (AvgIpc) is 1.65. The molecular weight excluding hydrogens is 126 g/mol. The van der Waals surface area contributed by atoms with Crippen LogP contribution in [0.2, 0.25) is 0 Å². The molecule has 0 fully saturated rings. The molecule has 0 saturated carbocycles. The van der Waals surface area contributed by atoms with Gasteiger partial charge in [-0.25, -0.2) is 0 Å². The minimum absolute atomic E-state index is 0.407. The van der Waals surface area contributed by atoms with Crippen molar-refractivity contribution in [1.82, 2.24) is 0 Å². The molecule has 0 unspecified atom stereocenters. The van der Waals surface area contributed by atoms with Gasteiger partial charge in [-0.3, -0.25) is 0 Å². The van der Waals surface area contributed by atoms with Crippen molar-refractivity contribution in [2.24, 2.45) is 0 Å². The number of allylic oxidation sites excluding steroid dienone is 1. The van der Waals surface area contributed by atoms with Gasteiger partial charge in [-0.2, -0.15) is 8.78 Å². The Morgan fingerprint density at radius 2 is 1.78 bits per heavy atom. The fraction of sp³-hybridized carbons (Fsp3) is 0.333. The number of hydrogen-bond acceptors (Lipinski definition) is 1. The first kappa shape index (κ1) is 8.14. The molecule has 52 valence electrons. The van der Waals surface area contributed by atoms with Crippen LogP contribution in [0.15, 0.2) is 24.5 Å². The number of aliphatic hydroxyl groups excluding tert-OH is 1. The monoisotopic (exact) mass is 134 g/mol. The van der Waals surface area contributed by atoms with E-state index in [1.165, 1.54) is 0 Å². The first-order chi connectivity index (χ1) is 3.89. The van der Waals surface area contributed by atoms with Crippen LogP contribution in [-0.2, 0) is 0 Å². The maximum absolute atomic E-state index is 12.2. The smallest absolute Gasteiger partial charge is 0.323 e. The molecule has 1 nitrogen and oxygen atoms in total. The summed E-state index contributed by atoms with van der Waals surface area (Å²) in [7, 11) is 0. The number of aliphatic hydroxyl groups is 1. The predicted octanol–water partition coefficient (Wildman–Crippen LogP) is 2.27. The molecule has 0 heterocycles. The van der Waals surface area contributed by atoms with Gasteiger partial charge in [0.15, 0.2) is 5.76 Å². The third-order valence-corrected chi connectivity index (χ3v) is 0.898. The Kier molecular flexibility index (Phi) is 1.96. The maximum Gasteiger partial charge on any atom is 0.323 e. The van der Waals surface area contributed by atoms with Gasteiger partial charge in [-0.05, 0) is 12.5 Å². The lowest BCUT2D eigenvalue weighted by Gasteiger charge is -2.13. The topological polar surface area (TPSA) is 20.2 Å². The second kappa shape index (κ2) is 2.17. The molecule has 0 aliphatic carbocycles. The van der Waals surface area contributed by atoms with Crippen molar-refractivity contribution in [3.05, 3.63) is 24.5 Å². The van der Waals surface area contributed by atoms with Crippen molar-refractivity contribution in [3.63, 3.8) is 0 Å². The molecule has 0 atom stereocenters. The minimum Gasteiger partial charge on any atom is -0.506 e. The van der Waals surface area contributed by atoms with Crippen LogP contribution >= 0.6 is 0 Å². The fourth-order valence-electron chi connectivity index (χ4n) is 0.246. The highest BCUT2D eigenvalue weighted by Crippen LogP contribution is 2.27. The fourth-order valence-corrected chi connectivity index (χ4v) is 0.246. The Bertz CT molecular complexity index is 133. The van der Waals surface area contributed by atoms with Crippen LogP contribution in [0.1, 0.15) is 6.92 Å². The molecule has 0 aromatic heterocycles. The van der Waals surface area contributed by atoms with E-state index in [0.717, 1.165) is 6.92 Å². The summed E-state index contributed by atoms with van der Waals surface area (Å²) >= 11 is 0. The van der Waals surface area contributed by atoms with Crippen LogP contribution in [0.3, 0.4) is 0 Å². The van der Waals surface area contributed by atoms with E-state index < -0.39 is 17.3 Å². The normalized spacial score (nSPS) is 11.0. The van der Waals surface area contributed by atoms with E-state index in [1.807, 2.05) is 0 Å². The molecule has 0 aliphatic heterocycles. The third-order valence-electron chi connectivity index (χ3n) is 0.898. The van der Waals surface area contributed by atoms with E-state index in [9.17, 15) is 8.78 Å². The van der Waals surface area contributed by atoms with Gasteiger partial charge < -0.3 is 5.11 Å². The van der Waals surface area contributed by atoms with E-state index >= 15 is 0 Å². The summed E-state index contributed by atoms with van der Waals surface area (Å²) in [6, 6.07) is 0. The first-order valence-electron chi connectivity index (χ1n) is 2.31. The molecule has 3 heteroatoms. The summed E-state index contributed by atoms with van der Waals surface area (Å²) in [5.41, 5.74) is -0.407. The zero-order valence-corrected chi connectivity index (χ0v) is 5.12. The number of alkyl halides is 2. The third kappa shape index (κ3) is 1.52. The summed E-state index contributed by atoms with van der Waals surface area (Å²) < 4.78 is 24.4. The zero-order valence-electron chi connectivity index (χ0n) is 5.12. The molecular formula is C6H8F2O. The second-order valence-corrected chi connectivity index (χ2v) is 1.80. The number of rotatable bonds is 2. The Morgan fingerprint density at radius 3 is 1.78 bits per heavy atom. The molecule has 0 rings (SSSR count). The van der Waals surface area contributed by atoms with E-state index in [2.05, 4.69) is 13.2 Å². The van der Waals surface area contributed by atoms with Gasteiger partial charge in [0, 0.05) is 0 Å². The Labute approximate surface area is 52.3 Å². The van der Waals surface area contributed by atoms with Gasteiger partial charge in [0.05, 0.1) is 0 Å². The molecule has 1 N–H and O–H groups in total. The maximum atomic E-state index is 12.2. The van der Waals surface area contributed by atoms with Gasteiger partial charge in [0.25, 0.3) is 0 Å². The molecule has 0 saturated heterocycles. The van der Waals surface area contributed by atoms with E-state index in [0.29, 0.717) is 0 Å². The molecule has 0 spiro atoms. The van der Waals surface area contributed by atoms with Crippen LogP contribution in [-0.4, -0.2) is 11.0 Å². The molecule has 0 aliphatic rings. The van der Waals surface area contributed by atoms with Crippen LogP contribution in [0, 0.1) is 0 Å². The van der Waals surface area contributed by atoms with Gasteiger partial charge in [-0.1, -0.05) is 13.2 Å². The van der Waals surface area contributed by atoms with Crippen LogP contribution in [0.5, 0.6) is 0 Å². The molecule has 0 radical (unpaired) electrons. The second-order valence-electron chi connectivity index (χ2n) is 1.80. The van der Waals surface area contributed by atoms with Crippen molar-refractivity contribution in [2.45, 2.75) is 12.8 Å². The van der Waals surface area contributed by atoms with E-state index in [4.69, 9.17) is 5.11 Å². The Balaban J connectivity index is 4.38. The van der Waals surface area contributed by atoms with Crippen molar-refractivity contribution in [2.75, 3.05) is 0 Å². The van der Waals surface area contributed by atoms with Crippen LogP contribution in [0.4, 0.5) is 8.78 Å². The van der Waals surface area contributed by atoms with Gasteiger partial charge in [0.2, 0.25) is 0 Å². The van der Waals surface area contributed by atoms with Crippen molar-refractivity contribution < 1.29 is 13.9 Å². The summed E-state index contributed by atoms with van der Waals surface area (Å²) in [5.74, 6) is -4.49. The summed E-state index contributed by atoms with van der Waals surface area (Å²) in [4.78, 5) is 0. The highest BCUT2D eigenvalue weighted by molar-refractivity contribution is 5.16. The highest BCUT2D eigenvalue weighted by Gasteiger charge is 2.33. The van der Waals surface area contributed by atoms with Crippen molar-refractivity contribution in [3.8, 4) is 0 Å².